The number of benzene rings is 2. The van der Waals surface area contributed by atoms with Gasteiger partial charge in [0.2, 0.25) is 0 Å². The molecule has 1 aliphatic heterocycles. The molecule has 0 saturated carbocycles. The van der Waals surface area contributed by atoms with Crippen LogP contribution < -0.4 is 5.32 Å². The van der Waals surface area contributed by atoms with Crippen LogP contribution in [-0.2, 0) is 0 Å². The molecular weight excluding hydrogens is 316 g/mol. The van der Waals surface area contributed by atoms with Gasteiger partial charge in [0.15, 0.2) is 0 Å². The Morgan fingerprint density at radius 2 is 1.80 bits per heavy atom. The summed E-state index contributed by atoms with van der Waals surface area (Å²) in [4.78, 5) is 26.5. The Morgan fingerprint density at radius 3 is 2.48 bits per heavy atom. The minimum absolute atomic E-state index is 0.00220. The number of likely N-dealkylation sites (tertiary alicyclic amines) is 1. The smallest absolute Gasteiger partial charge is 0.257 e. The first-order chi connectivity index (χ1) is 12.0. The summed E-state index contributed by atoms with van der Waals surface area (Å²) in [6, 6.07) is 14.1. The number of piperidine rings is 1. The highest BCUT2D eigenvalue weighted by molar-refractivity contribution is 5.97. The van der Waals surface area contributed by atoms with E-state index in [0.717, 1.165) is 5.56 Å². The number of phenols is 1. The third kappa shape index (κ3) is 3.99. The second kappa shape index (κ2) is 7.38. The molecule has 2 aromatic carbocycles. The van der Waals surface area contributed by atoms with Crippen molar-refractivity contribution in [2.75, 3.05) is 13.1 Å². The maximum atomic E-state index is 12.5. The number of rotatable bonds is 3. The van der Waals surface area contributed by atoms with Crippen molar-refractivity contribution in [3.05, 3.63) is 65.2 Å². The van der Waals surface area contributed by atoms with E-state index in [1.165, 1.54) is 6.07 Å². The van der Waals surface area contributed by atoms with E-state index in [2.05, 4.69) is 5.32 Å². The number of hydrogen-bond donors (Lipinski definition) is 2. The van der Waals surface area contributed by atoms with Crippen molar-refractivity contribution in [2.24, 2.45) is 0 Å². The van der Waals surface area contributed by atoms with Gasteiger partial charge >= 0.3 is 0 Å². The predicted molar refractivity (Wildman–Crippen MR) is 95.7 cm³/mol. The van der Waals surface area contributed by atoms with Crippen molar-refractivity contribution < 1.29 is 14.7 Å². The van der Waals surface area contributed by atoms with Gasteiger partial charge in [0, 0.05) is 24.7 Å². The first kappa shape index (κ1) is 17.0. The molecule has 25 heavy (non-hydrogen) atoms. The number of carbonyl (C=O) groups is 2. The minimum Gasteiger partial charge on any atom is -0.507 e. The minimum atomic E-state index is -0.165. The molecule has 130 valence electrons. The fourth-order valence-corrected chi connectivity index (χ4v) is 3.11. The summed E-state index contributed by atoms with van der Waals surface area (Å²) in [7, 11) is 0. The molecule has 0 atom stereocenters. The first-order valence-electron chi connectivity index (χ1n) is 8.49. The average molecular weight is 338 g/mol. The number of carbonyl (C=O) groups excluding carboxylic acids is 2. The summed E-state index contributed by atoms with van der Waals surface area (Å²) in [6.45, 7) is 3.08. The van der Waals surface area contributed by atoms with Gasteiger partial charge in [0.1, 0.15) is 5.75 Å². The number of para-hydroxylation sites is 1. The molecule has 2 aromatic rings. The molecule has 2 N–H and O–H groups in total. The number of aryl methyl sites for hydroxylation is 1. The van der Waals surface area contributed by atoms with Crippen molar-refractivity contribution in [1.29, 1.82) is 0 Å². The van der Waals surface area contributed by atoms with E-state index in [-0.39, 0.29) is 23.6 Å². The Hall–Kier alpha value is -2.82. The molecule has 5 nitrogen and oxygen atoms in total. The Bertz CT molecular complexity index is 780. The summed E-state index contributed by atoms with van der Waals surface area (Å²) in [5.74, 6) is -0.238. The zero-order valence-electron chi connectivity index (χ0n) is 14.2. The van der Waals surface area contributed by atoms with Crippen LogP contribution >= 0.6 is 0 Å². The molecule has 0 aromatic heterocycles. The maximum absolute atomic E-state index is 12.5. The quantitative estimate of drug-likeness (QED) is 0.904. The zero-order chi connectivity index (χ0) is 17.8. The summed E-state index contributed by atoms with van der Waals surface area (Å²) >= 11 is 0. The molecule has 3 rings (SSSR count). The van der Waals surface area contributed by atoms with Crippen LogP contribution in [0.4, 0.5) is 0 Å². The van der Waals surface area contributed by atoms with E-state index in [9.17, 15) is 14.7 Å². The Morgan fingerprint density at radius 1 is 1.08 bits per heavy atom. The molecule has 1 saturated heterocycles. The molecule has 1 aliphatic rings. The Labute approximate surface area is 147 Å². The number of amides is 2. The lowest BCUT2D eigenvalue weighted by molar-refractivity contribution is 0.0695. The molecule has 2 amide bonds. The Balaban J connectivity index is 1.56. The number of nitrogens with one attached hydrogen (secondary N) is 1. The van der Waals surface area contributed by atoms with Gasteiger partial charge < -0.3 is 15.3 Å². The van der Waals surface area contributed by atoms with Crippen molar-refractivity contribution in [2.45, 2.75) is 25.8 Å². The fourth-order valence-electron chi connectivity index (χ4n) is 3.11. The second-order valence-corrected chi connectivity index (χ2v) is 6.43. The number of hydrogen-bond acceptors (Lipinski definition) is 3. The van der Waals surface area contributed by atoms with Crippen LogP contribution in [0.3, 0.4) is 0 Å². The molecule has 1 heterocycles. The van der Waals surface area contributed by atoms with Gasteiger partial charge in [-0.05, 0) is 44.0 Å². The monoisotopic (exact) mass is 338 g/mol. The lowest BCUT2D eigenvalue weighted by Crippen LogP contribution is -2.46. The molecule has 0 bridgehead atoms. The van der Waals surface area contributed by atoms with Crippen molar-refractivity contribution in [3.63, 3.8) is 0 Å². The van der Waals surface area contributed by atoms with E-state index in [4.69, 9.17) is 0 Å². The van der Waals surface area contributed by atoms with Crippen LogP contribution in [0.5, 0.6) is 5.75 Å². The van der Waals surface area contributed by atoms with Crippen molar-refractivity contribution >= 4 is 11.8 Å². The Kier molecular flexibility index (Phi) is 5.03. The standard InChI is InChI=1S/C20H22N2O3/c1-14-5-4-6-15(13-14)19(24)21-16-9-11-22(12-10-16)20(25)17-7-2-3-8-18(17)23/h2-8,13,16,23H,9-12H2,1H3,(H,21,24). The number of nitrogens with zero attached hydrogens (tertiary/aromatic N) is 1. The van der Waals surface area contributed by atoms with E-state index in [0.29, 0.717) is 37.1 Å². The van der Waals surface area contributed by atoms with Gasteiger partial charge in [-0.1, -0.05) is 29.8 Å². The normalized spacial score (nSPS) is 15.0. The van der Waals surface area contributed by atoms with Gasteiger partial charge in [0.05, 0.1) is 5.56 Å². The van der Waals surface area contributed by atoms with Crippen molar-refractivity contribution in [1.82, 2.24) is 10.2 Å². The SMILES string of the molecule is Cc1cccc(C(=O)NC2CCN(C(=O)c3ccccc3O)CC2)c1. The second-order valence-electron chi connectivity index (χ2n) is 6.43. The van der Waals surface area contributed by atoms with Crippen LogP contribution in [0.25, 0.3) is 0 Å². The highest BCUT2D eigenvalue weighted by Gasteiger charge is 2.26. The van der Waals surface area contributed by atoms with Crippen molar-refractivity contribution in [3.8, 4) is 5.75 Å². The van der Waals surface area contributed by atoms with Gasteiger partial charge in [0.25, 0.3) is 11.8 Å². The van der Waals surface area contributed by atoms with E-state index in [1.54, 1.807) is 29.2 Å². The highest BCUT2D eigenvalue weighted by Crippen LogP contribution is 2.20. The maximum Gasteiger partial charge on any atom is 0.257 e. The van der Waals surface area contributed by atoms with E-state index < -0.39 is 0 Å². The third-order valence-corrected chi connectivity index (χ3v) is 4.53. The van der Waals surface area contributed by atoms with Gasteiger partial charge in [-0.2, -0.15) is 0 Å². The number of aromatic hydroxyl groups is 1. The number of phenolic OH excluding ortho intramolecular Hbond substituents is 1. The molecule has 5 heteroatoms. The largest absolute Gasteiger partial charge is 0.507 e. The summed E-state index contributed by atoms with van der Waals surface area (Å²) in [5.41, 5.74) is 2.04. The van der Waals surface area contributed by atoms with E-state index in [1.807, 2.05) is 25.1 Å². The summed E-state index contributed by atoms with van der Waals surface area (Å²) < 4.78 is 0. The first-order valence-corrected chi connectivity index (χ1v) is 8.49. The van der Waals surface area contributed by atoms with E-state index >= 15 is 0 Å². The molecule has 0 spiro atoms. The molecular formula is C20H22N2O3. The van der Waals surface area contributed by atoms with Crippen LogP contribution in [0, 0.1) is 6.92 Å². The highest BCUT2D eigenvalue weighted by atomic mass is 16.3. The molecule has 1 fully saturated rings. The zero-order valence-corrected chi connectivity index (χ0v) is 14.2. The van der Waals surface area contributed by atoms with Gasteiger partial charge in [-0.15, -0.1) is 0 Å². The van der Waals surface area contributed by atoms with Crippen LogP contribution in [0.2, 0.25) is 0 Å². The van der Waals surface area contributed by atoms with Gasteiger partial charge in [-0.25, -0.2) is 0 Å². The average Bonchev–Trinajstić information content (AvgIpc) is 2.62. The lowest BCUT2D eigenvalue weighted by Gasteiger charge is -2.32. The predicted octanol–water partition coefficient (Wildman–Crippen LogP) is 2.74. The topological polar surface area (TPSA) is 69.6 Å². The van der Waals surface area contributed by atoms with Gasteiger partial charge in [-0.3, -0.25) is 9.59 Å². The molecule has 0 radical (unpaired) electrons. The summed E-state index contributed by atoms with van der Waals surface area (Å²) in [5, 5.41) is 12.9. The third-order valence-electron chi connectivity index (χ3n) is 4.53. The fraction of sp³-hybridized carbons (Fsp3) is 0.300. The molecule has 0 aliphatic carbocycles. The van der Waals surface area contributed by atoms with Crippen LogP contribution in [0.15, 0.2) is 48.5 Å². The van der Waals surface area contributed by atoms with Crippen LogP contribution in [-0.4, -0.2) is 41.0 Å². The lowest BCUT2D eigenvalue weighted by atomic mass is 10.0. The summed E-state index contributed by atoms with van der Waals surface area (Å²) in [6.07, 6.45) is 1.41. The van der Waals surface area contributed by atoms with Crippen LogP contribution in [0.1, 0.15) is 39.1 Å². The molecule has 0 unspecified atom stereocenters.